The maximum atomic E-state index is 11.3. The molecule has 0 aliphatic heterocycles. The van der Waals surface area contributed by atoms with E-state index < -0.39 is 6.04 Å². The van der Waals surface area contributed by atoms with Crippen LogP contribution < -0.4 is 11.1 Å². The topological polar surface area (TPSA) is 55.1 Å². The highest BCUT2D eigenvalue weighted by Crippen LogP contribution is 1.92. The first-order valence-electron chi connectivity index (χ1n) is 4.22. The van der Waals surface area contributed by atoms with Gasteiger partial charge in [-0.1, -0.05) is 6.08 Å². The third-order valence-electron chi connectivity index (χ3n) is 1.57. The first-order chi connectivity index (χ1) is 6.11. The molecule has 0 aromatic carbocycles. The van der Waals surface area contributed by atoms with Crippen LogP contribution in [0.25, 0.3) is 0 Å². The van der Waals surface area contributed by atoms with Crippen molar-refractivity contribution in [1.82, 2.24) is 5.32 Å². The largest absolute Gasteiger partial charge is 0.351 e. The minimum atomic E-state index is -0.516. The van der Waals surface area contributed by atoms with E-state index in [4.69, 9.17) is 12.2 Å². The Bertz CT molecular complexity index is 217. The van der Waals surface area contributed by atoms with E-state index in [1.807, 2.05) is 6.92 Å². The summed E-state index contributed by atoms with van der Waals surface area (Å²) >= 11 is 0. The van der Waals surface area contributed by atoms with Gasteiger partial charge in [-0.2, -0.15) is 0 Å². The number of carbonyl (C=O) groups is 1. The van der Waals surface area contributed by atoms with Gasteiger partial charge in [0, 0.05) is 12.5 Å². The SMILES string of the molecule is C#CCC(C)NC(=O)C(N)CC=C. The van der Waals surface area contributed by atoms with Crippen LogP contribution in [0.15, 0.2) is 12.7 Å². The minimum Gasteiger partial charge on any atom is -0.351 e. The van der Waals surface area contributed by atoms with Crippen LogP contribution >= 0.6 is 0 Å². The number of nitrogens with one attached hydrogen (secondary N) is 1. The summed E-state index contributed by atoms with van der Waals surface area (Å²) in [5.41, 5.74) is 5.54. The third-order valence-corrected chi connectivity index (χ3v) is 1.57. The zero-order valence-corrected chi connectivity index (χ0v) is 7.92. The molecular formula is C10H16N2O. The highest BCUT2D eigenvalue weighted by molar-refractivity contribution is 5.81. The molecule has 3 heteroatoms. The first-order valence-corrected chi connectivity index (χ1v) is 4.22. The Labute approximate surface area is 79.4 Å². The van der Waals surface area contributed by atoms with E-state index in [1.165, 1.54) is 0 Å². The molecule has 0 aliphatic rings. The average molecular weight is 180 g/mol. The molecule has 13 heavy (non-hydrogen) atoms. The monoisotopic (exact) mass is 180 g/mol. The van der Waals surface area contributed by atoms with Gasteiger partial charge in [0.05, 0.1) is 6.04 Å². The van der Waals surface area contributed by atoms with Crippen LogP contribution in [0, 0.1) is 12.3 Å². The average Bonchev–Trinajstić information content (AvgIpc) is 2.05. The predicted octanol–water partition coefficient (Wildman–Crippen LogP) is 0.418. The fourth-order valence-corrected chi connectivity index (χ4v) is 0.864. The molecule has 0 saturated heterocycles. The Morgan fingerprint density at radius 2 is 2.46 bits per heavy atom. The van der Waals surface area contributed by atoms with Crippen molar-refractivity contribution in [2.24, 2.45) is 5.73 Å². The van der Waals surface area contributed by atoms with Gasteiger partial charge < -0.3 is 11.1 Å². The maximum absolute atomic E-state index is 11.3. The fraction of sp³-hybridized carbons (Fsp3) is 0.500. The Kier molecular flexibility index (Phi) is 5.66. The van der Waals surface area contributed by atoms with Gasteiger partial charge in [-0.3, -0.25) is 4.79 Å². The summed E-state index contributed by atoms with van der Waals surface area (Å²) < 4.78 is 0. The van der Waals surface area contributed by atoms with Gasteiger partial charge in [-0.25, -0.2) is 0 Å². The van der Waals surface area contributed by atoms with Crippen LogP contribution in [-0.4, -0.2) is 18.0 Å². The second kappa shape index (κ2) is 6.27. The number of nitrogens with two attached hydrogens (primary N) is 1. The number of hydrogen-bond donors (Lipinski definition) is 2. The highest BCUT2D eigenvalue weighted by Gasteiger charge is 2.13. The number of terminal acetylenes is 1. The van der Waals surface area contributed by atoms with Crippen LogP contribution in [0.3, 0.4) is 0 Å². The normalized spacial score (nSPS) is 13.9. The van der Waals surface area contributed by atoms with Crippen molar-refractivity contribution in [1.29, 1.82) is 0 Å². The van der Waals surface area contributed by atoms with Gasteiger partial charge in [0.25, 0.3) is 0 Å². The van der Waals surface area contributed by atoms with E-state index >= 15 is 0 Å². The van der Waals surface area contributed by atoms with Gasteiger partial charge in [-0.05, 0) is 13.3 Å². The summed E-state index contributed by atoms with van der Waals surface area (Å²) in [6, 6.07) is -0.536. The van der Waals surface area contributed by atoms with Crippen molar-refractivity contribution in [3.63, 3.8) is 0 Å². The van der Waals surface area contributed by atoms with Crippen LogP contribution in [0.2, 0.25) is 0 Å². The number of carbonyl (C=O) groups excluding carboxylic acids is 1. The molecular weight excluding hydrogens is 164 g/mol. The molecule has 72 valence electrons. The summed E-state index contributed by atoms with van der Waals surface area (Å²) in [6.45, 7) is 5.35. The minimum absolute atomic E-state index is 0.0200. The quantitative estimate of drug-likeness (QED) is 0.476. The van der Waals surface area contributed by atoms with E-state index in [-0.39, 0.29) is 11.9 Å². The van der Waals surface area contributed by atoms with Gasteiger partial charge in [0.1, 0.15) is 0 Å². The van der Waals surface area contributed by atoms with Crippen molar-refractivity contribution in [2.45, 2.75) is 31.8 Å². The third kappa shape index (κ3) is 5.05. The smallest absolute Gasteiger partial charge is 0.237 e. The molecule has 0 radical (unpaired) electrons. The van der Waals surface area contributed by atoms with Gasteiger partial charge in [0.15, 0.2) is 0 Å². The van der Waals surface area contributed by atoms with E-state index in [2.05, 4.69) is 17.8 Å². The van der Waals surface area contributed by atoms with Crippen molar-refractivity contribution < 1.29 is 4.79 Å². The molecule has 0 heterocycles. The molecule has 0 saturated carbocycles. The molecule has 0 rings (SSSR count). The number of rotatable bonds is 5. The Hall–Kier alpha value is -1.27. The zero-order chi connectivity index (χ0) is 10.3. The molecule has 0 fully saturated rings. The molecule has 2 unspecified atom stereocenters. The van der Waals surface area contributed by atoms with Crippen LogP contribution in [0.4, 0.5) is 0 Å². The van der Waals surface area contributed by atoms with Crippen molar-refractivity contribution in [3.8, 4) is 12.3 Å². The molecule has 0 bridgehead atoms. The second-order valence-corrected chi connectivity index (χ2v) is 2.95. The molecule has 0 aliphatic carbocycles. The lowest BCUT2D eigenvalue weighted by Gasteiger charge is -2.14. The van der Waals surface area contributed by atoms with Gasteiger partial charge >= 0.3 is 0 Å². The predicted molar refractivity (Wildman–Crippen MR) is 53.8 cm³/mol. The molecule has 3 nitrogen and oxygen atoms in total. The lowest BCUT2D eigenvalue weighted by molar-refractivity contribution is -0.122. The molecule has 3 N–H and O–H groups in total. The Morgan fingerprint density at radius 3 is 2.92 bits per heavy atom. The molecule has 2 atom stereocenters. The molecule has 0 aromatic rings. The van der Waals surface area contributed by atoms with Crippen molar-refractivity contribution in [2.75, 3.05) is 0 Å². The summed E-state index contributed by atoms with van der Waals surface area (Å²) in [6.07, 6.45) is 7.71. The van der Waals surface area contributed by atoms with E-state index in [9.17, 15) is 4.79 Å². The Morgan fingerprint density at radius 1 is 1.85 bits per heavy atom. The number of hydrogen-bond acceptors (Lipinski definition) is 2. The van der Waals surface area contributed by atoms with Crippen molar-refractivity contribution in [3.05, 3.63) is 12.7 Å². The molecule has 0 aromatic heterocycles. The Balaban J connectivity index is 3.86. The van der Waals surface area contributed by atoms with Gasteiger partial charge in [0.2, 0.25) is 5.91 Å². The van der Waals surface area contributed by atoms with Crippen molar-refractivity contribution >= 4 is 5.91 Å². The number of amides is 1. The van der Waals surface area contributed by atoms with E-state index in [0.717, 1.165) is 0 Å². The summed E-state index contributed by atoms with van der Waals surface area (Å²) in [4.78, 5) is 11.3. The van der Waals surface area contributed by atoms with E-state index in [1.54, 1.807) is 6.08 Å². The first kappa shape index (κ1) is 11.7. The van der Waals surface area contributed by atoms with E-state index in [0.29, 0.717) is 12.8 Å². The highest BCUT2D eigenvalue weighted by atomic mass is 16.2. The summed E-state index contributed by atoms with van der Waals surface area (Å²) in [7, 11) is 0. The lowest BCUT2D eigenvalue weighted by atomic mass is 10.2. The fourth-order valence-electron chi connectivity index (χ4n) is 0.864. The summed E-state index contributed by atoms with van der Waals surface area (Å²) in [5.74, 6) is 2.29. The maximum Gasteiger partial charge on any atom is 0.237 e. The summed E-state index contributed by atoms with van der Waals surface area (Å²) in [5, 5.41) is 2.71. The lowest BCUT2D eigenvalue weighted by Crippen LogP contribution is -2.44. The van der Waals surface area contributed by atoms with Crippen LogP contribution in [0.5, 0.6) is 0 Å². The zero-order valence-electron chi connectivity index (χ0n) is 7.92. The molecule has 0 spiro atoms. The van der Waals surface area contributed by atoms with Gasteiger partial charge in [-0.15, -0.1) is 18.9 Å². The van der Waals surface area contributed by atoms with Crippen LogP contribution in [-0.2, 0) is 4.79 Å². The standard InChI is InChI=1S/C10H16N2O/c1-4-6-8(3)12-10(13)9(11)7-5-2/h1,5,8-9H,2,6-7,11H2,3H3,(H,12,13). The second-order valence-electron chi connectivity index (χ2n) is 2.95. The molecule has 1 amide bonds. The van der Waals surface area contributed by atoms with Crippen LogP contribution in [0.1, 0.15) is 19.8 Å².